The molecule has 0 aromatic heterocycles. The van der Waals surface area contributed by atoms with Crippen LogP contribution in [-0.4, -0.2) is 33.9 Å². The maximum Gasteiger partial charge on any atom is 0.211 e. The second-order valence-corrected chi connectivity index (χ2v) is 4.24. The number of hydrogen-bond acceptors (Lipinski definition) is 3. The third-order valence-corrected chi connectivity index (χ3v) is 2.95. The van der Waals surface area contributed by atoms with Crippen molar-refractivity contribution >= 4 is 10.0 Å². The fourth-order valence-electron chi connectivity index (χ4n) is 0.882. The zero-order valence-corrected chi connectivity index (χ0v) is 6.65. The summed E-state index contributed by atoms with van der Waals surface area (Å²) < 4.78 is 28.9. The van der Waals surface area contributed by atoms with E-state index >= 15 is 0 Å². The Kier molecular flexibility index (Phi) is 2.28. The molecular weight excluding hydrogens is 154 g/mol. The molecule has 4 nitrogen and oxygen atoms in total. The minimum Gasteiger partial charge on any atom is -0.380 e. The van der Waals surface area contributed by atoms with Crippen molar-refractivity contribution in [1.29, 1.82) is 0 Å². The zero-order chi connectivity index (χ0) is 7.61. The van der Waals surface area contributed by atoms with Crippen LogP contribution in [0.2, 0.25) is 0 Å². The van der Waals surface area contributed by atoms with E-state index < -0.39 is 10.0 Å². The van der Waals surface area contributed by atoms with Crippen LogP contribution in [0, 0.1) is 0 Å². The van der Waals surface area contributed by atoms with E-state index in [0.29, 0.717) is 13.0 Å². The van der Waals surface area contributed by atoms with Gasteiger partial charge in [0.1, 0.15) is 0 Å². The van der Waals surface area contributed by atoms with Crippen LogP contribution in [-0.2, 0) is 14.8 Å². The van der Waals surface area contributed by atoms with Gasteiger partial charge in [0.2, 0.25) is 10.0 Å². The second kappa shape index (κ2) is 2.86. The normalized spacial score (nSPS) is 31.9. The van der Waals surface area contributed by atoms with Gasteiger partial charge in [-0.25, -0.2) is 13.1 Å². The van der Waals surface area contributed by atoms with Crippen molar-refractivity contribution in [3.8, 4) is 0 Å². The van der Waals surface area contributed by atoms with Gasteiger partial charge in [0.05, 0.1) is 11.9 Å². The van der Waals surface area contributed by atoms with Gasteiger partial charge >= 0.3 is 0 Å². The Morgan fingerprint density at radius 2 is 2.30 bits per heavy atom. The first kappa shape index (κ1) is 7.97. The Hall–Kier alpha value is -0.130. The average Bonchev–Trinajstić information content (AvgIpc) is 1.88. The standard InChI is InChI=1S/C5H11NO3S/c1-9-5-2-3-10(7,8)6-4-5/h5-6H,2-4H2,1H3. The van der Waals surface area contributed by atoms with Crippen LogP contribution in [0.15, 0.2) is 0 Å². The molecule has 1 fully saturated rings. The van der Waals surface area contributed by atoms with Crippen molar-refractivity contribution in [2.45, 2.75) is 12.5 Å². The minimum absolute atomic E-state index is 0.0588. The summed E-state index contributed by atoms with van der Waals surface area (Å²) in [6, 6.07) is 0. The molecule has 0 aromatic carbocycles. The minimum atomic E-state index is -2.96. The Morgan fingerprint density at radius 3 is 2.70 bits per heavy atom. The van der Waals surface area contributed by atoms with Gasteiger partial charge in [-0.1, -0.05) is 0 Å². The Morgan fingerprint density at radius 1 is 1.60 bits per heavy atom. The summed E-state index contributed by atoms with van der Waals surface area (Å²) in [5.41, 5.74) is 0. The van der Waals surface area contributed by atoms with Crippen LogP contribution in [0.4, 0.5) is 0 Å². The summed E-state index contributed by atoms with van der Waals surface area (Å²) in [6.45, 7) is 0.416. The van der Waals surface area contributed by atoms with Gasteiger partial charge in [-0.2, -0.15) is 0 Å². The lowest BCUT2D eigenvalue weighted by Gasteiger charge is -2.20. The summed E-state index contributed by atoms with van der Waals surface area (Å²) in [5.74, 6) is 0.186. The highest BCUT2D eigenvalue weighted by Gasteiger charge is 2.21. The molecule has 0 amide bonds. The molecule has 1 saturated heterocycles. The Balaban J connectivity index is 2.46. The third kappa shape index (κ3) is 1.93. The third-order valence-electron chi connectivity index (χ3n) is 1.57. The monoisotopic (exact) mass is 165 g/mol. The average molecular weight is 165 g/mol. The molecule has 0 aromatic rings. The predicted octanol–water partition coefficient (Wildman–Crippen LogP) is -0.675. The van der Waals surface area contributed by atoms with E-state index in [1.807, 2.05) is 0 Å². The highest BCUT2D eigenvalue weighted by Crippen LogP contribution is 2.04. The molecule has 10 heavy (non-hydrogen) atoms. The molecule has 60 valence electrons. The summed E-state index contributed by atoms with van der Waals surface area (Å²) >= 11 is 0. The second-order valence-electron chi connectivity index (χ2n) is 2.31. The summed E-state index contributed by atoms with van der Waals surface area (Å²) in [7, 11) is -1.37. The molecule has 5 heteroatoms. The van der Waals surface area contributed by atoms with Crippen molar-refractivity contribution in [3.05, 3.63) is 0 Å². The van der Waals surface area contributed by atoms with E-state index in [4.69, 9.17) is 4.74 Å². The number of hydrogen-bond donors (Lipinski definition) is 1. The summed E-state index contributed by atoms with van der Waals surface area (Å²) in [5, 5.41) is 0. The highest BCUT2D eigenvalue weighted by molar-refractivity contribution is 7.89. The Labute approximate surface area is 60.6 Å². The smallest absolute Gasteiger partial charge is 0.211 e. The van der Waals surface area contributed by atoms with Crippen LogP contribution in [0.5, 0.6) is 0 Å². The van der Waals surface area contributed by atoms with Crippen molar-refractivity contribution in [1.82, 2.24) is 4.72 Å². The summed E-state index contributed by atoms with van der Waals surface area (Å²) in [6.07, 6.45) is 0.662. The first-order valence-corrected chi connectivity index (χ1v) is 4.79. The maximum atomic E-state index is 10.7. The number of sulfonamides is 1. The molecule has 0 radical (unpaired) electrons. The van der Waals surface area contributed by atoms with E-state index in [9.17, 15) is 8.42 Å². The number of nitrogens with one attached hydrogen (secondary N) is 1. The fraction of sp³-hybridized carbons (Fsp3) is 1.00. The van der Waals surface area contributed by atoms with E-state index in [1.165, 1.54) is 0 Å². The lowest BCUT2D eigenvalue weighted by molar-refractivity contribution is 0.100. The SMILES string of the molecule is COC1CCS(=O)(=O)NC1. The highest BCUT2D eigenvalue weighted by atomic mass is 32.2. The topological polar surface area (TPSA) is 55.4 Å². The number of ether oxygens (including phenoxy) is 1. The quantitative estimate of drug-likeness (QED) is 0.560. The molecule has 1 N–H and O–H groups in total. The molecule has 0 bridgehead atoms. The molecule has 1 rings (SSSR count). The van der Waals surface area contributed by atoms with Gasteiger partial charge < -0.3 is 4.74 Å². The van der Waals surface area contributed by atoms with Gasteiger partial charge in [0, 0.05) is 13.7 Å². The van der Waals surface area contributed by atoms with Crippen molar-refractivity contribution in [3.63, 3.8) is 0 Å². The molecule has 1 atom stereocenters. The largest absolute Gasteiger partial charge is 0.380 e. The number of rotatable bonds is 1. The zero-order valence-electron chi connectivity index (χ0n) is 5.83. The molecule has 1 heterocycles. The summed E-state index contributed by atoms with van der Waals surface area (Å²) in [4.78, 5) is 0. The molecule has 0 spiro atoms. The van der Waals surface area contributed by atoms with E-state index in [1.54, 1.807) is 7.11 Å². The van der Waals surface area contributed by atoms with Crippen LogP contribution in [0.1, 0.15) is 6.42 Å². The van der Waals surface area contributed by atoms with Crippen molar-refractivity contribution in [2.75, 3.05) is 19.4 Å². The maximum absolute atomic E-state index is 10.7. The first-order valence-electron chi connectivity index (χ1n) is 3.14. The lowest BCUT2D eigenvalue weighted by Crippen LogP contribution is -2.41. The van der Waals surface area contributed by atoms with E-state index in [-0.39, 0.29) is 11.9 Å². The van der Waals surface area contributed by atoms with Crippen molar-refractivity contribution in [2.24, 2.45) is 0 Å². The van der Waals surface area contributed by atoms with Crippen molar-refractivity contribution < 1.29 is 13.2 Å². The van der Waals surface area contributed by atoms with Crippen LogP contribution in [0.3, 0.4) is 0 Å². The van der Waals surface area contributed by atoms with E-state index in [2.05, 4.69) is 4.72 Å². The first-order chi connectivity index (χ1) is 4.64. The van der Waals surface area contributed by atoms with Crippen LogP contribution < -0.4 is 4.72 Å². The van der Waals surface area contributed by atoms with Crippen LogP contribution >= 0.6 is 0 Å². The molecular formula is C5H11NO3S. The molecule has 0 saturated carbocycles. The van der Waals surface area contributed by atoms with Gasteiger partial charge in [-0.05, 0) is 6.42 Å². The molecule has 1 unspecified atom stereocenters. The van der Waals surface area contributed by atoms with Gasteiger partial charge in [0.25, 0.3) is 0 Å². The van der Waals surface area contributed by atoms with Gasteiger partial charge in [0.15, 0.2) is 0 Å². The molecule has 1 aliphatic rings. The van der Waals surface area contributed by atoms with Crippen LogP contribution in [0.25, 0.3) is 0 Å². The number of methoxy groups -OCH3 is 1. The predicted molar refractivity (Wildman–Crippen MR) is 37.2 cm³/mol. The lowest BCUT2D eigenvalue weighted by atomic mass is 10.3. The fourth-order valence-corrected chi connectivity index (χ4v) is 2.04. The Bertz CT molecular complexity index is 185. The molecule has 0 aliphatic carbocycles. The molecule has 1 aliphatic heterocycles. The van der Waals surface area contributed by atoms with Gasteiger partial charge in [-0.3, -0.25) is 0 Å². The van der Waals surface area contributed by atoms with E-state index in [0.717, 1.165) is 0 Å². The van der Waals surface area contributed by atoms with Gasteiger partial charge in [-0.15, -0.1) is 0 Å².